The van der Waals surface area contributed by atoms with Crippen LogP contribution in [0.1, 0.15) is 22.8 Å². The van der Waals surface area contributed by atoms with E-state index in [1.165, 1.54) is 18.2 Å². The fourth-order valence-corrected chi connectivity index (χ4v) is 1.66. The van der Waals surface area contributed by atoms with Crippen molar-refractivity contribution in [1.82, 2.24) is 5.43 Å². The van der Waals surface area contributed by atoms with Gasteiger partial charge in [0.2, 0.25) is 0 Å². The van der Waals surface area contributed by atoms with E-state index in [2.05, 4.69) is 10.5 Å². The molecule has 0 aliphatic carbocycles. The summed E-state index contributed by atoms with van der Waals surface area (Å²) in [5, 5.41) is 3.98. The summed E-state index contributed by atoms with van der Waals surface area (Å²) >= 11 is 0. The zero-order valence-corrected chi connectivity index (χ0v) is 10.9. The molecule has 2 aromatic rings. The smallest absolute Gasteiger partial charge is 0.271 e. The molecule has 5 heteroatoms. The van der Waals surface area contributed by atoms with Gasteiger partial charge in [-0.3, -0.25) is 4.79 Å². The first kappa shape index (κ1) is 13.7. The van der Waals surface area contributed by atoms with Gasteiger partial charge >= 0.3 is 0 Å². The van der Waals surface area contributed by atoms with Crippen molar-refractivity contribution in [3.63, 3.8) is 0 Å². The Labute approximate surface area is 116 Å². The highest BCUT2D eigenvalue weighted by atomic mass is 19.1. The van der Waals surface area contributed by atoms with E-state index < -0.39 is 11.7 Å². The second kappa shape index (κ2) is 5.97. The second-order valence-electron chi connectivity index (χ2n) is 4.27. The molecule has 0 aliphatic rings. The van der Waals surface area contributed by atoms with Crippen LogP contribution in [-0.2, 0) is 0 Å². The average Bonchev–Trinajstić information content (AvgIpc) is 2.44. The molecule has 4 nitrogen and oxygen atoms in total. The van der Waals surface area contributed by atoms with Gasteiger partial charge in [-0.25, -0.2) is 9.82 Å². The molecule has 20 heavy (non-hydrogen) atoms. The Morgan fingerprint density at radius 1 is 1.15 bits per heavy atom. The molecule has 2 rings (SSSR count). The second-order valence-corrected chi connectivity index (χ2v) is 4.27. The Bertz CT molecular complexity index is 668. The lowest BCUT2D eigenvalue weighted by Gasteiger charge is -2.04. The molecule has 0 heterocycles. The first-order valence-corrected chi connectivity index (χ1v) is 6.02. The van der Waals surface area contributed by atoms with Crippen molar-refractivity contribution in [1.29, 1.82) is 0 Å². The third-order valence-electron chi connectivity index (χ3n) is 2.72. The number of benzene rings is 2. The molecule has 2 aromatic carbocycles. The van der Waals surface area contributed by atoms with Crippen LogP contribution in [-0.4, -0.2) is 11.6 Å². The SMILES string of the molecule is CC(=NNC(=O)c1cccc(F)c1)c1cccc(N)c1. The lowest BCUT2D eigenvalue weighted by molar-refractivity contribution is 0.0954. The Balaban J connectivity index is 2.11. The number of nitrogen functional groups attached to an aromatic ring is 1. The van der Waals surface area contributed by atoms with E-state index >= 15 is 0 Å². The number of hydrogen-bond acceptors (Lipinski definition) is 3. The topological polar surface area (TPSA) is 67.5 Å². The van der Waals surface area contributed by atoms with Crippen molar-refractivity contribution >= 4 is 17.3 Å². The van der Waals surface area contributed by atoms with Gasteiger partial charge in [-0.1, -0.05) is 18.2 Å². The van der Waals surface area contributed by atoms with Gasteiger partial charge in [0.15, 0.2) is 0 Å². The summed E-state index contributed by atoms with van der Waals surface area (Å²) in [6, 6.07) is 12.6. The maximum absolute atomic E-state index is 13.0. The minimum atomic E-state index is -0.465. The molecule has 0 saturated carbocycles. The van der Waals surface area contributed by atoms with E-state index in [-0.39, 0.29) is 5.56 Å². The number of carbonyl (C=O) groups excluding carboxylic acids is 1. The van der Waals surface area contributed by atoms with Crippen LogP contribution in [0.3, 0.4) is 0 Å². The molecular formula is C15H14FN3O. The Kier molecular flexibility index (Phi) is 4.10. The summed E-state index contributed by atoms with van der Waals surface area (Å²) in [6.07, 6.45) is 0. The maximum Gasteiger partial charge on any atom is 0.271 e. The van der Waals surface area contributed by atoms with Gasteiger partial charge in [-0.05, 0) is 42.8 Å². The van der Waals surface area contributed by atoms with E-state index in [9.17, 15) is 9.18 Å². The van der Waals surface area contributed by atoms with Crippen LogP contribution in [0.5, 0.6) is 0 Å². The molecule has 0 radical (unpaired) electrons. The molecule has 0 spiro atoms. The number of amides is 1. The van der Waals surface area contributed by atoms with E-state index in [1.54, 1.807) is 25.1 Å². The number of anilines is 1. The zero-order chi connectivity index (χ0) is 14.5. The third kappa shape index (κ3) is 3.41. The van der Waals surface area contributed by atoms with Crippen molar-refractivity contribution in [2.45, 2.75) is 6.92 Å². The third-order valence-corrected chi connectivity index (χ3v) is 2.72. The number of carbonyl (C=O) groups is 1. The molecule has 3 N–H and O–H groups in total. The number of halogens is 1. The fourth-order valence-electron chi connectivity index (χ4n) is 1.66. The molecule has 1 amide bonds. The summed E-state index contributed by atoms with van der Waals surface area (Å²) < 4.78 is 13.0. The van der Waals surface area contributed by atoms with Gasteiger partial charge in [0.1, 0.15) is 5.82 Å². The van der Waals surface area contributed by atoms with Gasteiger partial charge in [-0.15, -0.1) is 0 Å². The summed E-state index contributed by atoms with van der Waals surface area (Å²) in [4.78, 5) is 11.8. The van der Waals surface area contributed by atoms with E-state index in [0.717, 1.165) is 11.6 Å². The minimum Gasteiger partial charge on any atom is -0.399 e. The largest absolute Gasteiger partial charge is 0.399 e. The summed E-state index contributed by atoms with van der Waals surface area (Å²) in [5.41, 5.74) is 10.3. The maximum atomic E-state index is 13.0. The molecule has 0 aliphatic heterocycles. The molecule has 0 unspecified atom stereocenters. The van der Waals surface area contributed by atoms with Crippen LogP contribution in [0.15, 0.2) is 53.6 Å². The standard InChI is InChI=1S/C15H14FN3O/c1-10(11-4-3-7-14(17)9-11)18-19-15(20)12-5-2-6-13(16)8-12/h2-9H,17H2,1H3,(H,19,20). The predicted octanol–water partition coefficient (Wildman–Crippen LogP) is 2.56. The Hall–Kier alpha value is -2.69. The van der Waals surface area contributed by atoms with Crippen LogP contribution in [0, 0.1) is 5.82 Å². The molecular weight excluding hydrogens is 257 g/mol. The minimum absolute atomic E-state index is 0.217. The molecule has 0 atom stereocenters. The summed E-state index contributed by atoms with van der Waals surface area (Å²) in [7, 11) is 0. The quantitative estimate of drug-likeness (QED) is 0.512. The van der Waals surface area contributed by atoms with Crippen molar-refractivity contribution in [2.75, 3.05) is 5.73 Å². The van der Waals surface area contributed by atoms with Crippen LogP contribution < -0.4 is 11.2 Å². The van der Waals surface area contributed by atoms with Gasteiger partial charge < -0.3 is 5.73 Å². The number of hydrazone groups is 1. The summed E-state index contributed by atoms with van der Waals surface area (Å²) in [5.74, 6) is -0.929. The molecule has 0 bridgehead atoms. The van der Waals surface area contributed by atoms with Crippen LogP contribution >= 0.6 is 0 Å². The first-order chi connectivity index (χ1) is 9.56. The van der Waals surface area contributed by atoms with Crippen molar-refractivity contribution < 1.29 is 9.18 Å². The number of rotatable bonds is 3. The first-order valence-electron chi connectivity index (χ1n) is 6.02. The van der Waals surface area contributed by atoms with Gasteiger partial charge in [0.25, 0.3) is 5.91 Å². The van der Waals surface area contributed by atoms with Crippen molar-refractivity contribution in [3.05, 3.63) is 65.5 Å². The Morgan fingerprint density at radius 2 is 1.85 bits per heavy atom. The molecule has 0 aromatic heterocycles. The van der Waals surface area contributed by atoms with Crippen LogP contribution in [0.2, 0.25) is 0 Å². The monoisotopic (exact) mass is 271 g/mol. The Morgan fingerprint density at radius 3 is 2.55 bits per heavy atom. The number of nitrogens with one attached hydrogen (secondary N) is 1. The molecule has 0 fully saturated rings. The highest BCUT2D eigenvalue weighted by Gasteiger charge is 2.05. The van der Waals surface area contributed by atoms with Crippen molar-refractivity contribution in [2.24, 2.45) is 5.10 Å². The van der Waals surface area contributed by atoms with Gasteiger partial charge in [-0.2, -0.15) is 5.10 Å². The van der Waals surface area contributed by atoms with E-state index in [4.69, 9.17) is 5.73 Å². The molecule has 0 saturated heterocycles. The number of nitrogens with two attached hydrogens (primary N) is 1. The predicted molar refractivity (Wildman–Crippen MR) is 76.9 cm³/mol. The highest BCUT2D eigenvalue weighted by molar-refractivity contribution is 6.01. The lowest BCUT2D eigenvalue weighted by Crippen LogP contribution is -2.19. The van der Waals surface area contributed by atoms with Crippen LogP contribution in [0.4, 0.5) is 10.1 Å². The number of nitrogens with zero attached hydrogens (tertiary/aromatic N) is 1. The number of hydrogen-bond donors (Lipinski definition) is 2. The van der Waals surface area contributed by atoms with Crippen molar-refractivity contribution in [3.8, 4) is 0 Å². The zero-order valence-electron chi connectivity index (χ0n) is 10.9. The average molecular weight is 271 g/mol. The lowest BCUT2D eigenvalue weighted by atomic mass is 10.1. The normalized spacial score (nSPS) is 11.2. The fraction of sp³-hybridized carbons (Fsp3) is 0.0667. The summed E-state index contributed by atoms with van der Waals surface area (Å²) in [6.45, 7) is 1.75. The molecule has 102 valence electrons. The van der Waals surface area contributed by atoms with Gasteiger partial charge in [0, 0.05) is 11.3 Å². The highest BCUT2D eigenvalue weighted by Crippen LogP contribution is 2.08. The van der Waals surface area contributed by atoms with Gasteiger partial charge in [0.05, 0.1) is 5.71 Å². The van der Waals surface area contributed by atoms with E-state index in [1.807, 2.05) is 6.07 Å². The van der Waals surface area contributed by atoms with E-state index in [0.29, 0.717) is 11.4 Å². The van der Waals surface area contributed by atoms with Crippen LogP contribution in [0.25, 0.3) is 0 Å².